The lowest BCUT2D eigenvalue weighted by molar-refractivity contribution is -0.384. The van der Waals surface area contributed by atoms with Gasteiger partial charge in [-0.05, 0) is 54.6 Å². The molecule has 136 valence electrons. The van der Waals surface area contributed by atoms with E-state index in [9.17, 15) is 14.9 Å². The van der Waals surface area contributed by atoms with Crippen molar-refractivity contribution in [3.05, 3.63) is 87.1 Å². The largest absolute Gasteiger partial charge is 0.497 e. The van der Waals surface area contributed by atoms with Crippen LogP contribution in [0.15, 0.2) is 65.1 Å². The maximum absolute atomic E-state index is 12.2. The first-order chi connectivity index (χ1) is 13.0. The minimum Gasteiger partial charge on any atom is -0.497 e. The summed E-state index contributed by atoms with van der Waals surface area (Å²) in [6.45, 7) is 0. The van der Waals surface area contributed by atoms with E-state index in [0.29, 0.717) is 28.4 Å². The molecule has 0 spiro atoms. The minimum atomic E-state index is -0.517. The molecule has 27 heavy (non-hydrogen) atoms. The number of ether oxygens (including phenoxy) is 1. The number of nitro benzene ring substituents is 1. The molecule has 0 saturated carbocycles. The lowest BCUT2D eigenvalue weighted by atomic mass is 10.1. The van der Waals surface area contributed by atoms with Crippen molar-refractivity contribution in [2.45, 2.75) is 0 Å². The first-order valence-electron chi connectivity index (χ1n) is 7.88. The van der Waals surface area contributed by atoms with Crippen LogP contribution in [0.2, 0.25) is 5.02 Å². The number of carbonyl (C=O) groups is 1. The summed E-state index contributed by atoms with van der Waals surface area (Å²) in [6.07, 6.45) is 2.96. The highest BCUT2D eigenvalue weighted by molar-refractivity contribution is 6.33. The maximum atomic E-state index is 12.2. The molecule has 3 rings (SSSR count). The van der Waals surface area contributed by atoms with Crippen LogP contribution in [0.4, 0.5) is 5.69 Å². The van der Waals surface area contributed by atoms with Gasteiger partial charge in [-0.2, -0.15) is 0 Å². The highest BCUT2D eigenvalue weighted by Gasteiger charge is 2.13. The Bertz CT molecular complexity index is 1020. The normalized spacial score (nSPS) is 10.9. The van der Waals surface area contributed by atoms with Gasteiger partial charge < -0.3 is 9.15 Å². The van der Waals surface area contributed by atoms with Gasteiger partial charge in [-0.25, -0.2) is 0 Å². The predicted molar refractivity (Wildman–Crippen MR) is 102 cm³/mol. The smallest absolute Gasteiger partial charge is 0.270 e. The summed E-state index contributed by atoms with van der Waals surface area (Å²) in [4.78, 5) is 22.5. The van der Waals surface area contributed by atoms with Gasteiger partial charge in [0.25, 0.3) is 5.69 Å². The summed E-state index contributed by atoms with van der Waals surface area (Å²) in [6, 6.07) is 14.3. The van der Waals surface area contributed by atoms with Gasteiger partial charge in [0.1, 0.15) is 17.3 Å². The molecule has 0 bridgehead atoms. The maximum Gasteiger partial charge on any atom is 0.270 e. The van der Waals surface area contributed by atoms with Crippen LogP contribution in [0.5, 0.6) is 5.75 Å². The zero-order valence-corrected chi connectivity index (χ0v) is 15.0. The molecule has 2 aromatic carbocycles. The third-order valence-electron chi connectivity index (χ3n) is 3.83. The number of nitro groups is 1. The van der Waals surface area contributed by atoms with Crippen LogP contribution in [0, 0.1) is 10.1 Å². The number of benzene rings is 2. The van der Waals surface area contributed by atoms with Crippen molar-refractivity contribution in [2.75, 3.05) is 7.11 Å². The fourth-order valence-corrected chi connectivity index (χ4v) is 2.68. The number of non-ortho nitro benzene ring substituents is 1. The van der Waals surface area contributed by atoms with E-state index in [4.69, 9.17) is 20.8 Å². The van der Waals surface area contributed by atoms with E-state index in [2.05, 4.69) is 0 Å². The van der Waals surface area contributed by atoms with Gasteiger partial charge >= 0.3 is 0 Å². The molecule has 0 fully saturated rings. The lowest BCUT2D eigenvalue weighted by Gasteiger charge is -2.00. The number of hydrogen-bond acceptors (Lipinski definition) is 5. The van der Waals surface area contributed by atoms with Crippen molar-refractivity contribution in [2.24, 2.45) is 0 Å². The third kappa shape index (κ3) is 4.24. The molecule has 0 amide bonds. The molecule has 0 aliphatic heterocycles. The zero-order valence-electron chi connectivity index (χ0n) is 14.2. The standard InChI is InChI=1S/C20H14ClNO5/c1-26-15-5-2-13(3-6-15)19(23)10-7-16-8-11-20(27-16)17-9-4-14(22(24)25)12-18(17)21/h2-12H,1H3/b10-7+. The average molecular weight is 384 g/mol. The highest BCUT2D eigenvalue weighted by Crippen LogP contribution is 2.32. The molecule has 0 aliphatic rings. The van der Waals surface area contributed by atoms with E-state index in [0.717, 1.165) is 0 Å². The van der Waals surface area contributed by atoms with Gasteiger partial charge in [0.2, 0.25) is 0 Å². The van der Waals surface area contributed by atoms with Gasteiger partial charge in [0.05, 0.1) is 17.1 Å². The number of nitrogens with zero attached hydrogens (tertiary/aromatic N) is 1. The summed E-state index contributed by atoms with van der Waals surface area (Å²) in [5.41, 5.74) is 0.959. The van der Waals surface area contributed by atoms with Crippen LogP contribution in [0.25, 0.3) is 17.4 Å². The second-order valence-electron chi connectivity index (χ2n) is 5.55. The Balaban J connectivity index is 1.76. The van der Waals surface area contributed by atoms with Crippen LogP contribution in [-0.4, -0.2) is 17.8 Å². The van der Waals surface area contributed by atoms with E-state index in [-0.39, 0.29) is 16.5 Å². The van der Waals surface area contributed by atoms with Crippen molar-refractivity contribution in [3.8, 4) is 17.1 Å². The second kappa shape index (κ2) is 7.88. The molecule has 1 heterocycles. The highest BCUT2D eigenvalue weighted by atomic mass is 35.5. The number of carbonyl (C=O) groups excluding carboxylic acids is 1. The molecule has 1 aromatic heterocycles. The summed E-state index contributed by atoms with van der Waals surface area (Å²) in [5, 5.41) is 11.0. The lowest BCUT2D eigenvalue weighted by Crippen LogP contribution is -1.93. The number of allylic oxidation sites excluding steroid dienone is 1. The average Bonchev–Trinajstić information content (AvgIpc) is 3.14. The van der Waals surface area contributed by atoms with Crippen LogP contribution in [0.3, 0.4) is 0 Å². The van der Waals surface area contributed by atoms with E-state index < -0.39 is 4.92 Å². The third-order valence-corrected chi connectivity index (χ3v) is 4.14. The molecule has 0 aliphatic carbocycles. The van der Waals surface area contributed by atoms with Crippen molar-refractivity contribution in [3.63, 3.8) is 0 Å². The predicted octanol–water partition coefficient (Wildman–Crippen LogP) is 5.41. The van der Waals surface area contributed by atoms with Gasteiger partial charge in [-0.1, -0.05) is 11.6 Å². The number of methoxy groups -OCH3 is 1. The van der Waals surface area contributed by atoms with Gasteiger partial charge in [0.15, 0.2) is 5.78 Å². The Morgan fingerprint density at radius 2 is 1.89 bits per heavy atom. The Hall–Kier alpha value is -3.38. The number of rotatable bonds is 6. The number of furan rings is 1. The monoisotopic (exact) mass is 383 g/mol. The zero-order chi connectivity index (χ0) is 19.4. The number of halogens is 1. The van der Waals surface area contributed by atoms with Gasteiger partial charge in [0, 0.05) is 23.3 Å². The molecule has 0 atom stereocenters. The first-order valence-corrected chi connectivity index (χ1v) is 8.26. The fourth-order valence-electron chi connectivity index (χ4n) is 2.41. The Morgan fingerprint density at radius 1 is 1.15 bits per heavy atom. The molecular weight excluding hydrogens is 370 g/mol. The van der Waals surface area contributed by atoms with Crippen molar-refractivity contribution < 1.29 is 18.9 Å². The van der Waals surface area contributed by atoms with E-state index in [1.54, 1.807) is 49.6 Å². The molecule has 0 N–H and O–H groups in total. The number of hydrogen-bond donors (Lipinski definition) is 0. The van der Waals surface area contributed by atoms with Crippen molar-refractivity contribution in [1.29, 1.82) is 0 Å². The van der Waals surface area contributed by atoms with Crippen molar-refractivity contribution >= 4 is 29.1 Å². The van der Waals surface area contributed by atoms with Gasteiger partial charge in [-0.15, -0.1) is 0 Å². The second-order valence-corrected chi connectivity index (χ2v) is 5.96. The summed E-state index contributed by atoms with van der Waals surface area (Å²) in [7, 11) is 1.56. The Labute approximate surface area is 159 Å². The molecule has 0 saturated heterocycles. The summed E-state index contributed by atoms with van der Waals surface area (Å²) < 4.78 is 10.7. The molecular formula is C20H14ClNO5. The minimum absolute atomic E-state index is 0.0967. The fraction of sp³-hybridized carbons (Fsp3) is 0.0500. The summed E-state index contributed by atoms with van der Waals surface area (Å²) in [5.74, 6) is 1.41. The Kier molecular flexibility index (Phi) is 5.38. The quantitative estimate of drug-likeness (QED) is 0.246. The molecule has 7 heteroatoms. The molecule has 6 nitrogen and oxygen atoms in total. The van der Waals surface area contributed by atoms with Crippen LogP contribution >= 0.6 is 11.6 Å². The summed E-state index contributed by atoms with van der Waals surface area (Å²) >= 11 is 6.10. The topological polar surface area (TPSA) is 82.6 Å². The number of ketones is 1. The first kappa shape index (κ1) is 18.4. The van der Waals surface area contributed by atoms with Crippen molar-refractivity contribution in [1.82, 2.24) is 0 Å². The Morgan fingerprint density at radius 3 is 2.52 bits per heavy atom. The van der Waals surface area contributed by atoms with Crippen LogP contribution in [0.1, 0.15) is 16.1 Å². The molecule has 3 aromatic rings. The molecule has 0 radical (unpaired) electrons. The van der Waals surface area contributed by atoms with Crippen LogP contribution in [-0.2, 0) is 0 Å². The van der Waals surface area contributed by atoms with Crippen LogP contribution < -0.4 is 4.74 Å². The van der Waals surface area contributed by atoms with E-state index >= 15 is 0 Å². The van der Waals surface area contributed by atoms with E-state index in [1.807, 2.05) is 0 Å². The molecule has 0 unspecified atom stereocenters. The van der Waals surface area contributed by atoms with E-state index in [1.165, 1.54) is 24.3 Å². The SMILES string of the molecule is COc1ccc(C(=O)/C=C/c2ccc(-c3ccc([N+](=O)[O-])cc3Cl)o2)cc1. The van der Waals surface area contributed by atoms with Gasteiger partial charge in [-0.3, -0.25) is 14.9 Å².